The SMILES string of the molecule is CCNC(c1cc(Br)c(F)cc1OC)C(C)(C)S(C)(=O)=O. The zero-order valence-electron chi connectivity index (χ0n) is 12.8. The second-order valence-corrected chi connectivity index (χ2v) is 8.83. The van der Waals surface area contributed by atoms with Crippen LogP contribution in [0.4, 0.5) is 4.39 Å². The molecule has 0 fully saturated rings. The minimum absolute atomic E-state index is 0.269. The van der Waals surface area contributed by atoms with Gasteiger partial charge in [0, 0.05) is 17.9 Å². The van der Waals surface area contributed by atoms with Gasteiger partial charge in [0.25, 0.3) is 0 Å². The van der Waals surface area contributed by atoms with Gasteiger partial charge in [-0.15, -0.1) is 0 Å². The van der Waals surface area contributed by atoms with Crippen LogP contribution in [0.3, 0.4) is 0 Å². The smallest absolute Gasteiger partial charge is 0.154 e. The number of sulfone groups is 1. The Kier molecular flexibility index (Phi) is 5.80. The first kappa shape index (κ1) is 18.4. The molecule has 0 bridgehead atoms. The number of rotatable bonds is 6. The van der Waals surface area contributed by atoms with Crippen molar-refractivity contribution in [2.24, 2.45) is 0 Å². The zero-order valence-corrected chi connectivity index (χ0v) is 15.2. The van der Waals surface area contributed by atoms with Gasteiger partial charge in [-0.2, -0.15) is 0 Å². The molecule has 0 saturated carbocycles. The molecule has 0 aliphatic heterocycles. The summed E-state index contributed by atoms with van der Waals surface area (Å²) in [4.78, 5) is 0. The van der Waals surface area contributed by atoms with Gasteiger partial charge in [0.2, 0.25) is 0 Å². The fraction of sp³-hybridized carbons (Fsp3) is 0.571. The summed E-state index contributed by atoms with van der Waals surface area (Å²) >= 11 is 3.14. The molecule has 21 heavy (non-hydrogen) atoms. The van der Waals surface area contributed by atoms with Gasteiger partial charge in [0.15, 0.2) is 9.84 Å². The van der Waals surface area contributed by atoms with Gasteiger partial charge in [-0.3, -0.25) is 0 Å². The van der Waals surface area contributed by atoms with Crippen molar-refractivity contribution in [2.45, 2.75) is 31.6 Å². The van der Waals surface area contributed by atoms with Crippen LogP contribution in [0.2, 0.25) is 0 Å². The monoisotopic (exact) mass is 381 g/mol. The lowest BCUT2D eigenvalue weighted by molar-refractivity contribution is 0.376. The third kappa shape index (κ3) is 3.76. The molecule has 0 aromatic heterocycles. The lowest BCUT2D eigenvalue weighted by atomic mass is 9.94. The average molecular weight is 382 g/mol. The van der Waals surface area contributed by atoms with Crippen molar-refractivity contribution in [3.8, 4) is 5.75 Å². The maximum absolute atomic E-state index is 13.7. The van der Waals surface area contributed by atoms with Crippen LogP contribution in [0, 0.1) is 5.82 Å². The molecule has 7 heteroatoms. The van der Waals surface area contributed by atoms with Gasteiger partial charge in [-0.25, -0.2) is 12.8 Å². The number of ether oxygens (including phenoxy) is 1. The lowest BCUT2D eigenvalue weighted by Gasteiger charge is -2.34. The Morgan fingerprint density at radius 2 is 2.00 bits per heavy atom. The fourth-order valence-corrected chi connectivity index (χ4v) is 3.09. The van der Waals surface area contributed by atoms with E-state index in [1.54, 1.807) is 19.9 Å². The summed E-state index contributed by atoms with van der Waals surface area (Å²) in [6.07, 6.45) is 1.20. The van der Waals surface area contributed by atoms with E-state index in [0.29, 0.717) is 17.9 Å². The zero-order chi connectivity index (χ0) is 16.4. The normalized spacial score (nSPS) is 14.0. The predicted molar refractivity (Wildman–Crippen MR) is 86.0 cm³/mol. The number of nitrogens with one attached hydrogen (secondary N) is 1. The molecule has 0 aliphatic rings. The van der Waals surface area contributed by atoms with Gasteiger partial charge in [-0.1, -0.05) is 6.92 Å². The summed E-state index contributed by atoms with van der Waals surface area (Å²) in [5.41, 5.74) is 0.600. The van der Waals surface area contributed by atoms with Crippen molar-refractivity contribution in [1.29, 1.82) is 0 Å². The van der Waals surface area contributed by atoms with E-state index >= 15 is 0 Å². The van der Waals surface area contributed by atoms with Gasteiger partial charge in [0.05, 0.1) is 22.4 Å². The molecule has 1 aromatic rings. The predicted octanol–water partition coefficient (Wildman–Crippen LogP) is 3.07. The van der Waals surface area contributed by atoms with E-state index in [2.05, 4.69) is 21.2 Å². The van der Waals surface area contributed by atoms with E-state index in [1.807, 2.05) is 6.92 Å². The molecule has 0 radical (unpaired) electrons. The Morgan fingerprint density at radius 3 is 2.43 bits per heavy atom. The maximum atomic E-state index is 13.7. The molecule has 4 nitrogen and oxygen atoms in total. The van der Waals surface area contributed by atoms with E-state index < -0.39 is 26.4 Å². The highest BCUT2D eigenvalue weighted by atomic mass is 79.9. The third-order valence-corrected chi connectivity index (χ3v) is 6.40. The van der Waals surface area contributed by atoms with Crippen molar-refractivity contribution in [3.63, 3.8) is 0 Å². The van der Waals surface area contributed by atoms with Crippen LogP contribution in [0.1, 0.15) is 32.4 Å². The summed E-state index contributed by atoms with van der Waals surface area (Å²) in [5.74, 6) is -0.138. The minimum Gasteiger partial charge on any atom is -0.496 e. The fourth-order valence-electron chi connectivity index (χ4n) is 2.09. The van der Waals surface area contributed by atoms with Crippen LogP contribution in [0.5, 0.6) is 5.75 Å². The molecule has 1 atom stereocenters. The average Bonchev–Trinajstić information content (AvgIpc) is 2.37. The molecule has 1 N–H and O–H groups in total. The molecule has 0 heterocycles. The topological polar surface area (TPSA) is 55.4 Å². The van der Waals surface area contributed by atoms with Crippen LogP contribution in [-0.2, 0) is 9.84 Å². The molecule has 0 aliphatic carbocycles. The first-order valence-corrected chi connectivity index (χ1v) is 9.20. The van der Waals surface area contributed by atoms with Crippen molar-refractivity contribution in [3.05, 3.63) is 28.0 Å². The highest BCUT2D eigenvalue weighted by molar-refractivity contribution is 9.10. The highest BCUT2D eigenvalue weighted by Gasteiger charge is 2.41. The first-order chi connectivity index (χ1) is 9.56. The van der Waals surface area contributed by atoms with Crippen LogP contribution in [0.25, 0.3) is 0 Å². The van der Waals surface area contributed by atoms with Gasteiger partial charge < -0.3 is 10.1 Å². The molecule has 120 valence electrons. The molecule has 0 saturated heterocycles. The molecule has 0 amide bonds. The molecule has 1 aromatic carbocycles. The Bertz CT molecular complexity index is 617. The first-order valence-electron chi connectivity index (χ1n) is 6.52. The lowest BCUT2D eigenvalue weighted by Crippen LogP contribution is -2.45. The van der Waals surface area contributed by atoms with Gasteiger partial charge in [0.1, 0.15) is 11.6 Å². The van der Waals surface area contributed by atoms with Crippen molar-refractivity contribution in [1.82, 2.24) is 5.32 Å². The van der Waals surface area contributed by atoms with Crippen molar-refractivity contribution >= 4 is 25.8 Å². The molecule has 0 spiro atoms. The second-order valence-electron chi connectivity index (χ2n) is 5.37. The second kappa shape index (κ2) is 6.62. The van der Waals surface area contributed by atoms with E-state index in [0.717, 1.165) is 0 Å². The van der Waals surface area contributed by atoms with E-state index in [9.17, 15) is 12.8 Å². The Labute approximate surface area is 134 Å². The summed E-state index contributed by atoms with van der Waals surface area (Å²) in [6.45, 7) is 5.75. The van der Waals surface area contributed by atoms with E-state index in [-0.39, 0.29) is 4.47 Å². The largest absolute Gasteiger partial charge is 0.496 e. The van der Waals surface area contributed by atoms with Crippen LogP contribution in [0.15, 0.2) is 16.6 Å². The number of benzene rings is 1. The van der Waals surface area contributed by atoms with Crippen molar-refractivity contribution < 1.29 is 17.5 Å². The summed E-state index contributed by atoms with van der Waals surface area (Å²) in [6, 6.07) is 2.29. The minimum atomic E-state index is -3.35. The van der Waals surface area contributed by atoms with Crippen LogP contribution >= 0.6 is 15.9 Å². The highest BCUT2D eigenvalue weighted by Crippen LogP contribution is 2.39. The van der Waals surface area contributed by atoms with Crippen molar-refractivity contribution in [2.75, 3.05) is 19.9 Å². The summed E-state index contributed by atoms with van der Waals surface area (Å²) in [7, 11) is -1.91. The van der Waals surface area contributed by atoms with Crippen LogP contribution < -0.4 is 10.1 Å². The summed E-state index contributed by atoms with van der Waals surface area (Å²) < 4.78 is 42.3. The number of methoxy groups -OCH3 is 1. The van der Waals surface area contributed by atoms with Gasteiger partial charge >= 0.3 is 0 Å². The Balaban J connectivity index is 3.53. The van der Waals surface area contributed by atoms with Gasteiger partial charge in [-0.05, 0) is 42.4 Å². The molecular formula is C14H21BrFNO3S. The molecular weight excluding hydrogens is 361 g/mol. The maximum Gasteiger partial charge on any atom is 0.154 e. The van der Waals surface area contributed by atoms with Crippen LogP contribution in [-0.4, -0.2) is 33.1 Å². The Morgan fingerprint density at radius 1 is 1.43 bits per heavy atom. The number of halogens is 2. The van der Waals surface area contributed by atoms with E-state index in [1.165, 1.54) is 19.4 Å². The number of hydrogen-bond acceptors (Lipinski definition) is 4. The summed E-state index contributed by atoms with van der Waals surface area (Å²) in [5, 5.41) is 3.16. The molecule has 1 unspecified atom stereocenters. The van der Waals surface area contributed by atoms with E-state index in [4.69, 9.17) is 4.74 Å². The third-order valence-electron chi connectivity index (χ3n) is 3.64. The number of hydrogen-bond donors (Lipinski definition) is 1. The standard InChI is InChI=1S/C14H21BrFNO3S/c1-6-17-13(14(2,3)21(5,18)19)9-7-10(15)11(16)8-12(9)20-4/h7-8,13,17H,6H2,1-5H3. The molecule has 1 rings (SSSR count). The Hall–Kier alpha value is -0.660. The quantitative estimate of drug-likeness (QED) is 0.822.